The first-order valence-electron chi connectivity index (χ1n) is 5.66. The monoisotopic (exact) mass is 291 g/mol. The summed E-state index contributed by atoms with van der Waals surface area (Å²) in [6.45, 7) is 0. The van der Waals surface area contributed by atoms with Crippen LogP contribution in [-0.4, -0.2) is 19.7 Å². The van der Waals surface area contributed by atoms with E-state index in [-0.39, 0.29) is 10.6 Å². The molecule has 0 amide bonds. The van der Waals surface area contributed by atoms with Gasteiger partial charge in [-0.3, -0.25) is 5.43 Å². The molecule has 20 heavy (non-hydrogen) atoms. The number of primary sulfonamides is 1. The third kappa shape index (κ3) is 3.81. The Morgan fingerprint density at radius 3 is 2.45 bits per heavy atom. The average Bonchev–Trinajstić information content (AvgIpc) is 2.38. The van der Waals surface area contributed by atoms with Crippen molar-refractivity contribution >= 4 is 21.9 Å². The van der Waals surface area contributed by atoms with Gasteiger partial charge in [-0.1, -0.05) is 12.1 Å². The van der Waals surface area contributed by atoms with Gasteiger partial charge >= 0.3 is 0 Å². The largest absolute Gasteiger partial charge is 0.508 e. The highest BCUT2D eigenvalue weighted by Crippen LogP contribution is 2.13. The zero-order valence-corrected chi connectivity index (χ0v) is 11.2. The Hall–Kier alpha value is -2.38. The number of sulfonamides is 1. The SMILES string of the molecule is NS(=O)(=O)c1ccc(N/N=C\c2cccc(O)c2)cc1. The van der Waals surface area contributed by atoms with Crippen molar-refractivity contribution in [2.75, 3.05) is 5.43 Å². The molecule has 104 valence electrons. The van der Waals surface area contributed by atoms with E-state index in [9.17, 15) is 13.5 Å². The average molecular weight is 291 g/mol. The molecule has 0 saturated carbocycles. The number of anilines is 1. The number of hydrogen-bond acceptors (Lipinski definition) is 5. The number of aromatic hydroxyl groups is 1. The predicted octanol–water partition coefficient (Wildman–Crippen LogP) is 1.49. The molecule has 0 aromatic heterocycles. The molecule has 0 aliphatic carbocycles. The van der Waals surface area contributed by atoms with E-state index in [0.717, 1.165) is 5.56 Å². The van der Waals surface area contributed by atoms with Crippen LogP contribution in [0.3, 0.4) is 0 Å². The number of benzene rings is 2. The van der Waals surface area contributed by atoms with Crippen molar-refractivity contribution < 1.29 is 13.5 Å². The highest BCUT2D eigenvalue weighted by Gasteiger charge is 2.05. The minimum absolute atomic E-state index is 0.0417. The third-order valence-corrected chi connectivity index (χ3v) is 3.39. The first-order valence-corrected chi connectivity index (χ1v) is 7.21. The first-order chi connectivity index (χ1) is 9.45. The van der Waals surface area contributed by atoms with Crippen LogP contribution in [0.15, 0.2) is 58.5 Å². The van der Waals surface area contributed by atoms with Crippen LogP contribution in [-0.2, 0) is 10.0 Å². The highest BCUT2D eigenvalue weighted by molar-refractivity contribution is 7.89. The minimum atomic E-state index is -3.68. The summed E-state index contributed by atoms with van der Waals surface area (Å²) in [5.74, 6) is 0.159. The molecule has 0 atom stereocenters. The summed E-state index contributed by atoms with van der Waals surface area (Å²) in [6, 6.07) is 12.5. The molecular formula is C13H13N3O3S. The second-order valence-electron chi connectivity index (χ2n) is 4.03. The summed E-state index contributed by atoms with van der Waals surface area (Å²) < 4.78 is 22.2. The van der Waals surface area contributed by atoms with Gasteiger partial charge in [0.15, 0.2) is 0 Å². The number of phenolic OH excluding ortho intramolecular Hbond substituents is 1. The molecule has 2 aromatic carbocycles. The van der Waals surface area contributed by atoms with Crippen LogP contribution in [0.1, 0.15) is 5.56 Å². The van der Waals surface area contributed by atoms with E-state index in [2.05, 4.69) is 10.5 Å². The van der Waals surface area contributed by atoms with Gasteiger partial charge in [-0.25, -0.2) is 13.6 Å². The van der Waals surface area contributed by atoms with Crippen LogP contribution < -0.4 is 10.6 Å². The molecule has 4 N–H and O–H groups in total. The molecule has 6 nitrogen and oxygen atoms in total. The van der Waals surface area contributed by atoms with Gasteiger partial charge in [-0.2, -0.15) is 5.10 Å². The number of nitrogens with one attached hydrogen (secondary N) is 1. The minimum Gasteiger partial charge on any atom is -0.508 e. The van der Waals surface area contributed by atoms with Crippen LogP contribution >= 0.6 is 0 Å². The fourth-order valence-corrected chi connectivity index (χ4v) is 2.02. The lowest BCUT2D eigenvalue weighted by atomic mass is 10.2. The number of hydrogen-bond donors (Lipinski definition) is 3. The first kappa shape index (κ1) is 14.0. The lowest BCUT2D eigenvalue weighted by Gasteiger charge is -2.02. The number of hydrazone groups is 1. The van der Waals surface area contributed by atoms with Crippen LogP contribution in [0.5, 0.6) is 5.75 Å². The van der Waals surface area contributed by atoms with Gasteiger partial charge in [0.25, 0.3) is 0 Å². The van der Waals surface area contributed by atoms with Gasteiger partial charge in [-0.15, -0.1) is 0 Å². The van der Waals surface area contributed by atoms with Gasteiger partial charge in [0.1, 0.15) is 5.75 Å². The summed E-state index contributed by atoms with van der Waals surface area (Å²) in [4.78, 5) is 0.0417. The number of nitrogens with zero attached hydrogens (tertiary/aromatic N) is 1. The van der Waals surface area contributed by atoms with Crippen molar-refractivity contribution in [3.05, 3.63) is 54.1 Å². The second-order valence-corrected chi connectivity index (χ2v) is 5.60. The Morgan fingerprint density at radius 2 is 1.85 bits per heavy atom. The lowest BCUT2D eigenvalue weighted by Crippen LogP contribution is -2.11. The Balaban J connectivity index is 2.04. The lowest BCUT2D eigenvalue weighted by molar-refractivity contribution is 0.475. The van der Waals surface area contributed by atoms with Crippen LogP contribution in [0.25, 0.3) is 0 Å². The molecule has 0 heterocycles. The summed E-state index contributed by atoms with van der Waals surface area (Å²) in [5.41, 5.74) is 4.10. The Morgan fingerprint density at radius 1 is 1.15 bits per heavy atom. The maximum Gasteiger partial charge on any atom is 0.238 e. The maximum absolute atomic E-state index is 11.1. The van der Waals surface area contributed by atoms with E-state index in [0.29, 0.717) is 5.69 Å². The topological polar surface area (TPSA) is 105 Å². The van der Waals surface area contributed by atoms with Crippen LogP contribution in [0.2, 0.25) is 0 Å². The van der Waals surface area contributed by atoms with Crippen molar-refractivity contribution in [2.45, 2.75) is 4.90 Å². The standard InChI is InChI=1S/C13H13N3O3S/c14-20(18,19)13-6-4-11(5-7-13)16-15-9-10-2-1-3-12(17)8-10/h1-9,16-17H,(H2,14,18,19)/b15-9-. The molecule has 0 unspecified atom stereocenters. The molecule has 7 heteroatoms. The van der Waals surface area contributed by atoms with E-state index in [1.165, 1.54) is 18.3 Å². The van der Waals surface area contributed by atoms with E-state index < -0.39 is 10.0 Å². The smallest absolute Gasteiger partial charge is 0.238 e. The summed E-state index contributed by atoms with van der Waals surface area (Å²) in [5, 5.41) is 18.3. The Kier molecular flexibility index (Phi) is 4.02. The molecule has 0 aliphatic rings. The van der Waals surface area contributed by atoms with Gasteiger partial charge in [-0.05, 0) is 42.0 Å². The maximum atomic E-state index is 11.1. The van der Waals surface area contributed by atoms with Crippen molar-refractivity contribution in [1.82, 2.24) is 0 Å². The molecule has 0 saturated heterocycles. The molecule has 0 spiro atoms. The van der Waals surface area contributed by atoms with E-state index in [1.54, 1.807) is 36.4 Å². The molecule has 0 fully saturated rings. The summed E-state index contributed by atoms with van der Waals surface area (Å²) >= 11 is 0. The van der Waals surface area contributed by atoms with Crippen molar-refractivity contribution in [2.24, 2.45) is 10.2 Å². The summed E-state index contributed by atoms with van der Waals surface area (Å²) in [6.07, 6.45) is 1.54. The number of nitrogens with two attached hydrogens (primary N) is 1. The quantitative estimate of drug-likeness (QED) is 0.586. The van der Waals surface area contributed by atoms with Gasteiger partial charge in [0, 0.05) is 0 Å². The number of rotatable bonds is 4. The van der Waals surface area contributed by atoms with Crippen molar-refractivity contribution in [1.29, 1.82) is 0 Å². The summed E-state index contributed by atoms with van der Waals surface area (Å²) in [7, 11) is -3.68. The molecule has 0 radical (unpaired) electrons. The fraction of sp³-hybridized carbons (Fsp3) is 0. The second kappa shape index (κ2) is 5.72. The predicted molar refractivity (Wildman–Crippen MR) is 77.1 cm³/mol. The Labute approximate surface area is 116 Å². The van der Waals surface area contributed by atoms with E-state index in [4.69, 9.17) is 5.14 Å². The molecular weight excluding hydrogens is 278 g/mol. The Bertz CT molecular complexity index is 725. The molecule has 2 aromatic rings. The van der Waals surface area contributed by atoms with Crippen molar-refractivity contribution in [3.8, 4) is 5.75 Å². The highest BCUT2D eigenvalue weighted by atomic mass is 32.2. The fourth-order valence-electron chi connectivity index (χ4n) is 1.51. The van der Waals surface area contributed by atoms with Crippen LogP contribution in [0, 0.1) is 0 Å². The molecule has 0 bridgehead atoms. The van der Waals surface area contributed by atoms with Gasteiger partial charge < -0.3 is 5.11 Å². The zero-order chi connectivity index (χ0) is 14.6. The van der Waals surface area contributed by atoms with Crippen LogP contribution in [0.4, 0.5) is 5.69 Å². The van der Waals surface area contributed by atoms with Gasteiger partial charge in [0.05, 0.1) is 16.8 Å². The third-order valence-electron chi connectivity index (χ3n) is 2.46. The van der Waals surface area contributed by atoms with E-state index in [1.807, 2.05) is 0 Å². The zero-order valence-electron chi connectivity index (χ0n) is 10.4. The molecule has 0 aliphatic heterocycles. The van der Waals surface area contributed by atoms with Crippen molar-refractivity contribution in [3.63, 3.8) is 0 Å². The normalized spacial score (nSPS) is 11.7. The molecule has 2 rings (SSSR count). The number of phenols is 1. The van der Waals surface area contributed by atoms with Gasteiger partial charge in [0.2, 0.25) is 10.0 Å². The van der Waals surface area contributed by atoms with E-state index >= 15 is 0 Å².